The van der Waals surface area contributed by atoms with E-state index in [4.69, 9.17) is 0 Å². The lowest BCUT2D eigenvalue weighted by atomic mass is 10.0. The van der Waals surface area contributed by atoms with Gasteiger partial charge in [0.1, 0.15) is 5.25 Å². The van der Waals surface area contributed by atoms with Crippen LogP contribution in [-0.2, 0) is 9.59 Å². The van der Waals surface area contributed by atoms with E-state index in [9.17, 15) is 9.59 Å². The molecule has 7 heteroatoms. The molecule has 1 atom stereocenters. The van der Waals surface area contributed by atoms with Gasteiger partial charge in [-0.15, -0.1) is 5.10 Å². The third-order valence-electron chi connectivity index (χ3n) is 4.47. The van der Waals surface area contributed by atoms with Gasteiger partial charge < -0.3 is 10.6 Å². The minimum atomic E-state index is -0.465. The normalized spacial score (nSPS) is 21.3. The molecular weight excluding hydrogens is 348 g/mol. The van der Waals surface area contributed by atoms with Crippen molar-refractivity contribution in [3.63, 3.8) is 0 Å². The van der Waals surface area contributed by atoms with E-state index in [-0.39, 0.29) is 18.2 Å². The molecule has 1 aliphatic heterocycles. The summed E-state index contributed by atoms with van der Waals surface area (Å²) in [6.45, 7) is 4.25. The van der Waals surface area contributed by atoms with Crippen LogP contribution in [0.3, 0.4) is 0 Å². The van der Waals surface area contributed by atoms with Gasteiger partial charge in [0.2, 0.25) is 11.8 Å². The van der Waals surface area contributed by atoms with Crippen LogP contribution in [-0.4, -0.2) is 27.9 Å². The number of carbonyl (C=O) groups excluding carboxylic acids is 2. The molecule has 2 aliphatic rings. The second-order valence-electron chi connectivity index (χ2n) is 6.90. The highest BCUT2D eigenvalue weighted by Gasteiger charge is 2.32. The van der Waals surface area contributed by atoms with Crippen molar-refractivity contribution in [3.05, 3.63) is 29.8 Å². The van der Waals surface area contributed by atoms with Crippen LogP contribution in [0.4, 0.5) is 5.69 Å². The number of nitrogens with zero attached hydrogens (tertiary/aromatic N) is 2. The summed E-state index contributed by atoms with van der Waals surface area (Å²) in [6, 6.07) is 7.79. The highest BCUT2D eigenvalue weighted by atomic mass is 32.2. The van der Waals surface area contributed by atoms with Crippen molar-refractivity contribution in [3.8, 4) is 0 Å². The first-order chi connectivity index (χ1) is 12.5. The molecule has 2 fully saturated rings. The van der Waals surface area contributed by atoms with E-state index in [0.29, 0.717) is 11.1 Å². The standard InChI is InChI=1S/C19H24N4O2S/c1-12(2)13-7-9-14(10-8-13)20-17(24)11-16-18(25)21-19(26-16)23-22-15-5-3-4-6-15/h7-10,12,16H,3-6,11H2,1-2H3,(H,20,24)(H,21,23,25). The first-order valence-electron chi connectivity index (χ1n) is 9.02. The van der Waals surface area contributed by atoms with Gasteiger partial charge in [-0.05, 0) is 49.3 Å². The van der Waals surface area contributed by atoms with Crippen LogP contribution in [0.2, 0.25) is 0 Å². The second-order valence-corrected chi connectivity index (χ2v) is 8.09. The molecule has 0 radical (unpaired) electrons. The molecule has 1 aliphatic carbocycles. The van der Waals surface area contributed by atoms with Crippen LogP contribution in [0, 0.1) is 0 Å². The molecule has 0 spiro atoms. The molecular formula is C19H24N4O2S. The summed E-state index contributed by atoms with van der Waals surface area (Å²) in [5.74, 6) is 0.0767. The van der Waals surface area contributed by atoms with Gasteiger partial charge in [0.05, 0.1) is 0 Å². The van der Waals surface area contributed by atoms with E-state index in [2.05, 4.69) is 34.7 Å². The zero-order chi connectivity index (χ0) is 18.5. The van der Waals surface area contributed by atoms with Crippen molar-refractivity contribution >= 4 is 40.1 Å². The Morgan fingerprint density at radius 3 is 2.58 bits per heavy atom. The zero-order valence-electron chi connectivity index (χ0n) is 15.1. The Hall–Kier alpha value is -2.15. The van der Waals surface area contributed by atoms with E-state index in [0.717, 1.165) is 37.1 Å². The Morgan fingerprint density at radius 2 is 1.92 bits per heavy atom. The Kier molecular flexibility index (Phi) is 6.08. The zero-order valence-corrected chi connectivity index (χ0v) is 15.9. The predicted molar refractivity (Wildman–Crippen MR) is 107 cm³/mol. The Bertz CT molecular complexity index is 732. The first-order valence-corrected chi connectivity index (χ1v) is 9.90. The number of hydrogen-bond donors (Lipinski definition) is 2. The highest BCUT2D eigenvalue weighted by molar-refractivity contribution is 8.15. The van der Waals surface area contributed by atoms with Crippen LogP contribution >= 0.6 is 11.8 Å². The number of hydrogen-bond acceptors (Lipinski definition) is 5. The molecule has 1 unspecified atom stereocenters. The molecule has 1 saturated heterocycles. The topological polar surface area (TPSA) is 82.9 Å². The molecule has 1 saturated carbocycles. The van der Waals surface area contributed by atoms with Crippen molar-refractivity contribution in [2.45, 2.75) is 57.1 Å². The molecule has 2 amide bonds. The van der Waals surface area contributed by atoms with Gasteiger partial charge in [0.25, 0.3) is 0 Å². The van der Waals surface area contributed by atoms with E-state index >= 15 is 0 Å². The first kappa shape index (κ1) is 18.6. The molecule has 2 N–H and O–H groups in total. The number of amides is 2. The molecule has 6 nitrogen and oxygen atoms in total. The predicted octanol–water partition coefficient (Wildman–Crippen LogP) is 3.66. The van der Waals surface area contributed by atoms with Crippen LogP contribution in [0.25, 0.3) is 0 Å². The summed E-state index contributed by atoms with van der Waals surface area (Å²) in [5, 5.41) is 13.9. The number of thioether (sulfide) groups is 1. The third kappa shape index (κ3) is 4.94. The number of benzene rings is 1. The minimum absolute atomic E-state index is 0.109. The Labute approximate surface area is 157 Å². The van der Waals surface area contributed by atoms with E-state index in [1.54, 1.807) is 0 Å². The lowest BCUT2D eigenvalue weighted by Gasteiger charge is -2.09. The van der Waals surface area contributed by atoms with Gasteiger partial charge in [-0.1, -0.05) is 37.7 Å². The Balaban J connectivity index is 1.53. The summed E-state index contributed by atoms with van der Waals surface area (Å²) in [7, 11) is 0. The number of carbonyl (C=O) groups is 2. The van der Waals surface area contributed by atoms with Crippen molar-refractivity contribution in [2.75, 3.05) is 5.32 Å². The molecule has 0 bridgehead atoms. The van der Waals surface area contributed by atoms with E-state index in [1.165, 1.54) is 17.3 Å². The van der Waals surface area contributed by atoms with Crippen LogP contribution in [0.1, 0.15) is 57.4 Å². The number of anilines is 1. The monoisotopic (exact) mass is 372 g/mol. The molecule has 1 aromatic carbocycles. The van der Waals surface area contributed by atoms with Gasteiger partial charge in [-0.25, -0.2) is 0 Å². The maximum atomic E-state index is 12.2. The summed E-state index contributed by atoms with van der Waals surface area (Å²) in [6.07, 6.45) is 4.39. The molecule has 1 heterocycles. The van der Waals surface area contributed by atoms with Crippen LogP contribution in [0.15, 0.2) is 34.5 Å². The van der Waals surface area contributed by atoms with Crippen molar-refractivity contribution in [1.82, 2.24) is 5.32 Å². The summed E-state index contributed by atoms with van der Waals surface area (Å²) >= 11 is 1.27. The maximum absolute atomic E-state index is 12.2. The number of amidine groups is 1. The van der Waals surface area contributed by atoms with E-state index in [1.807, 2.05) is 24.3 Å². The molecule has 0 aromatic heterocycles. The number of rotatable bonds is 5. The SMILES string of the molecule is CC(C)c1ccc(NC(=O)CC2S/C(=N\N=C3CCCC3)NC2=O)cc1. The summed E-state index contributed by atoms with van der Waals surface area (Å²) < 4.78 is 0. The van der Waals surface area contributed by atoms with Gasteiger partial charge in [-0.2, -0.15) is 5.10 Å². The third-order valence-corrected chi connectivity index (χ3v) is 5.54. The van der Waals surface area contributed by atoms with Crippen LogP contribution in [0.5, 0.6) is 0 Å². The molecule has 3 rings (SSSR count). The van der Waals surface area contributed by atoms with Gasteiger partial charge in [0, 0.05) is 17.8 Å². The smallest absolute Gasteiger partial charge is 0.240 e. The lowest BCUT2D eigenvalue weighted by Crippen LogP contribution is -2.28. The molecule has 1 aromatic rings. The average Bonchev–Trinajstić information content (AvgIpc) is 3.23. The number of nitrogens with one attached hydrogen (secondary N) is 2. The van der Waals surface area contributed by atoms with Crippen molar-refractivity contribution in [2.24, 2.45) is 10.2 Å². The van der Waals surface area contributed by atoms with Crippen LogP contribution < -0.4 is 10.6 Å². The largest absolute Gasteiger partial charge is 0.326 e. The fourth-order valence-electron chi connectivity index (χ4n) is 2.92. The van der Waals surface area contributed by atoms with Gasteiger partial charge in [0.15, 0.2) is 5.17 Å². The van der Waals surface area contributed by atoms with E-state index < -0.39 is 5.25 Å². The molecule has 138 valence electrons. The molecule has 26 heavy (non-hydrogen) atoms. The lowest BCUT2D eigenvalue weighted by molar-refractivity contribution is -0.122. The van der Waals surface area contributed by atoms with Gasteiger partial charge in [-0.3, -0.25) is 9.59 Å². The maximum Gasteiger partial charge on any atom is 0.240 e. The fourth-order valence-corrected chi connectivity index (χ4v) is 3.84. The summed E-state index contributed by atoms with van der Waals surface area (Å²) in [5.41, 5.74) is 3.04. The van der Waals surface area contributed by atoms with Crippen molar-refractivity contribution in [1.29, 1.82) is 0 Å². The minimum Gasteiger partial charge on any atom is -0.326 e. The second kappa shape index (κ2) is 8.49. The van der Waals surface area contributed by atoms with Crippen molar-refractivity contribution < 1.29 is 9.59 Å². The fraction of sp³-hybridized carbons (Fsp3) is 0.474. The quantitative estimate of drug-likeness (QED) is 0.774. The highest BCUT2D eigenvalue weighted by Crippen LogP contribution is 2.24. The average molecular weight is 372 g/mol. The van der Waals surface area contributed by atoms with Gasteiger partial charge >= 0.3 is 0 Å². The Morgan fingerprint density at radius 1 is 1.23 bits per heavy atom. The summed E-state index contributed by atoms with van der Waals surface area (Å²) in [4.78, 5) is 24.3.